The number of hydrogen-bond acceptors (Lipinski definition) is 4. The number of oxime groups is 1. The van der Waals surface area contributed by atoms with Gasteiger partial charge >= 0.3 is 0 Å². The molecular formula is C13H23N3O3. The third-order valence-electron chi connectivity index (χ3n) is 4.50. The first-order chi connectivity index (χ1) is 9.02. The summed E-state index contributed by atoms with van der Waals surface area (Å²) < 4.78 is 5.29. The molecule has 1 aliphatic carbocycles. The zero-order valence-electron chi connectivity index (χ0n) is 11.4. The summed E-state index contributed by atoms with van der Waals surface area (Å²) in [7, 11) is 0. The van der Waals surface area contributed by atoms with Crippen molar-refractivity contribution >= 4 is 11.7 Å². The maximum Gasteiger partial charge on any atom is 0.234 e. The lowest BCUT2D eigenvalue weighted by atomic mass is 9.77. The molecule has 1 saturated carbocycles. The zero-order valence-corrected chi connectivity index (χ0v) is 11.4. The molecular weight excluding hydrogens is 246 g/mol. The molecule has 2 rings (SSSR count). The van der Waals surface area contributed by atoms with Crippen molar-refractivity contribution in [1.82, 2.24) is 5.32 Å². The van der Waals surface area contributed by atoms with Gasteiger partial charge in [-0.2, -0.15) is 0 Å². The zero-order chi connectivity index (χ0) is 13.9. The van der Waals surface area contributed by atoms with E-state index in [9.17, 15) is 4.79 Å². The third kappa shape index (κ3) is 2.68. The van der Waals surface area contributed by atoms with Gasteiger partial charge in [0.2, 0.25) is 5.91 Å². The molecule has 0 spiro atoms. The molecule has 0 radical (unpaired) electrons. The summed E-state index contributed by atoms with van der Waals surface area (Å²) in [6, 6.07) is 0. The normalized spacial score (nSPS) is 26.1. The molecule has 2 aliphatic rings. The lowest BCUT2D eigenvalue weighted by Gasteiger charge is -2.37. The molecule has 0 atom stereocenters. The molecule has 108 valence electrons. The van der Waals surface area contributed by atoms with E-state index in [2.05, 4.69) is 17.4 Å². The summed E-state index contributed by atoms with van der Waals surface area (Å²) in [6.07, 6.45) is 5.17. The van der Waals surface area contributed by atoms with Gasteiger partial charge in [0.1, 0.15) is 5.41 Å². The Kier molecular flexibility index (Phi) is 3.99. The molecule has 1 heterocycles. The molecule has 0 bridgehead atoms. The van der Waals surface area contributed by atoms with E-state index in [-0.39, 0.29) is 17.3 Å². The molecule has 19 heavy (non-hydrogen) atoms. The molecule has 2 fully saturated rings. The van der Waals surface area contributed by atoms with Gasteiger partial charge in [-0.25, -0.2) is 0 Å². The van der Waals surface area contributed by atoms with E-state index in [0.717, 1.165) is 25.7 Å². The van der Waals surface area contributed by atoms with E-state index in [1.165, 1.54) is 0 Å². The predicted octanol–water partition coefficient (Wildman–Crippen LogP) is 0.978. The summed E-state index contributed by atoms with van der Waals surface area (Å²) in [6.45, 7) is 2.98. The van der Waals surface area contributed by atoms with Gasteiger partial charge in [-0.3, -0.25) is 4.79 Å². The topological polar surface area (TPSA) is 96.9 Å². The number of carbonyl (C=O) groups excluding carboxylic acids is 1. The van der Waals surface area contributed by atoms with Crippen LogP contribution in [-0.2, 0) is 9.53 Å². The van der Waals surface area contributed by atoms with Crippen LogP contribution >= 0.6 is 0 Å². The van der Waals surface area contributed by atoms with Gasteiger partial charge in [0.15, 0.2) is 5.84 Å². The Hall–Kier alpha value is -1.30. The summed E-state index contributed by atoms with van der Waals surface area (Å²) in [5.41, 5.74) is 4.71. The van der Waals surface area contributed by atoms with E-state index in [1.807, 2.05) is 0 Å². The largest absolute Gasteiger partial charge is 0.409 e. The maximum absolute atomic E-state index is 12.6. The van der Waals surface area contributed by atoms with Crippen molar-refractivity contribution in [3.8, 4) is 0 Å². The SMILES string of the molecule is CC1(NC(=O)C2(C(N)=NO)CCOCC2)CCCC1. The quantitative estimate of drug-likeness (QED) is 0.308. The van der Waals surface area contributed by atoms with Crippen molar-refractivity contribution in [3.05, 3.63) is 0 Å². The van der Waals surface area contributed by atoms with Crippen LogP contribution in [0.3, 0.4) is 0 Å². The number of nitrogens with zero attached hydrogens (tertiary/aromatic N) is 1. The minimum atomic E-state index is -0.918. The van der Waals surface area contributed by atoms with Gasteiger partial charge in [-0.1, -0.05) is 18.0 Å². The van der Waals surface area contributed by atoms with Crippen LogP contribution in [0.2, 0.25) is 0 Å². The molecule has 4 N–H and O–H groups in total. The van der Waals surface area contributed by atoms with Crippen LogP contribution in [0.4, 0.5) is 0 Å². The van der Waals surface area contributed by atoms with E-state index in [0.29, 0.717) is 26.1 Å². The maximum atomic E-state index is 12.6. The monoisotopic (exact) mass is 269 g/mol. The number of amidine groups is 1. The molecule has 1 amide bonds. The Morgan fingerprint density at radius 3 is 2.37 bits per heavy atom. The first kappa shape index (κ1) is 14.1. The number of amides is 1. The fourth-order valence-electron chi connectivity index (χ4n) is 3.09. The van der Waals surface area contributed by atoms with Crippen molar-refractivity contribution in [1.29, 1.82) is 0 Å². The summed E-state index contributed by atoms with van der Waals surface area (Å²) in [4.78, 5) is 12.6. The van der Waals surface area contributed by atoms with Crippen molar-refractivity contribution in [2.75, 3.05) is 13.2 Å². The fourth-order valence-corrected chi connectivity index (χ4v) is 3.09. The first-order valence-corrected chi connectivity index (χ1v) is 6.91. The van der Waals surface area contributed by atoms with E-state index >= 15 is 0 Å². The third-order valence-corrected chi connectivity index (χ3v) is 4.50. The lowest BCUT2D eigenvalue weighted by molar-refractivity contribution is -0.133. The molecule has 0 aromatic carbocycles. The van der Waals surface area contributed by atoms with Gasteiger partial charge in [-0.15, -0.1) is 0 Å². The highest BCUT2D eigenvalue weighted by molar-refractivity contribution is 6.07. The number of carbonyl (C=O) groups is 1. The van der Waals surface area contributed by atoms with Crippen molar-refractivity contribution in [3.63, 3.8) is 0 Å². The second-order valence-electron chi connectivity index (χ2n) is 5.90. The number of nitrogens with one attached hydrogen (secondary N) is 1. The minimum Gasteiger partial charge on any atom is -0.409 e. The molecule has 1 aliphatic heterocycles. The fraction of sp³-hybridized carbons (Fsp3) is 0.846. The Morgan fingerprint density at radius 1 is 1.26 bits per heavy atom. The van der Waals surface area contributed by atoms with Crippen LogP contribution in [0.15, 0.2) is 5.16 Å². The molecule has 0 unspecified atom stereocenters. The van der Waals surface area contributed by atoms with Gasteiger partial charge in [0, 0.05) is 18.8 Å². The van der Waals surface area contributed by atoms with Crippen molar-refractivity contribution in [2.45, 2.75) is 51.0 Å². The average molecular weight is 269 g/mol. The van der Waals surface area contributed by atoms with Gasteiger partial charge in [0.05, 0.1) is 0 Å². The highest BCUT2D eigenvalue weighted by Gasteiger charge is 2.46. The number of rotatable bonds is 3. The Morgan fingerprint density at radius 2 is 1.84 bits per heavy atom. The summed E-state index contributed by atoms with van der Waals surface area (Å²) >= 11 is 0. The Bertz CT molecular complexity index is 369. The predicted molar refractivity (Wildman–Crippen MR) is 70.9 cm³/mol. The van der Waals surface area contributed by atoms with E-state index in [4.69, 9.17) is 15.7 Å². The Balaban J connectivity index is 2.16. The average Bonchev–Trinajstić information content (AvgIpc) is 2.85. The standard InChI is InChI=1S/C13H23N3O3/c1-12(4-2-3-5-12)15-11(17)13(10(14)16-18)6-8-19-9-7-13/h18H,2-9H2,1H3,(H2,14,16)(H,15,17). The second kappa shape index (κ2) is 5.36. The van der Waals surface area contributed by atoms with Crippen molar-refractivity contribution < 1.29 is 14.7 Å². The smallest absolute Gasteiger partial charge is 0.234 e. The molecule has 6 nitrogen and oxygen atoms in total. The van der Waals surface area contributed by atoms with E-state index < -0.39 is 5.41 Å². The molecule has 1 saturated heterocycles. The minimum absolute atomic E-state index is 0.00473. The van der Waals surface area contributed by atoms with Crippen LogP contribution < -0.4 is 11.1 Å². The van der Waals surface area contributed by atoms with Crippen LogP contribution in [-0.4, -0.2) is 35.7 Å². The second-order valence-corrected chi connectivity index (χ2v) is 5.90. The highest BCUT2D eigenvalue weighted by Crippen LogP contribution is 2.35. The summed E-state index contributed by atoms with van der Waals surface area (Å²) in [5, 5.41) is 15.2. The van der Waals surface area contributed by atoms with Gasteiger partial charge < -0.3 is 21.0 Å². The molecule has 6 heteroatoms. The van der Waals surface area contributed by atoms with Gasteiger partial charge in [-0.05, 0) is 32.6 Å². The number of ether oxygens (including phenoxy) is 1. The number of hydrogen-bond donors (Lipinski definition) is 3. The molecule has 0 aromatic heterocycles. The Labute approximate surface area is 113 Å². The summed E-state index contributed by atoms with van der Waals surface area (Å²) in [5.74, 6) is -0.134. The van der Waals surface area contributed by atoms with Crippen LogP contribution in [0.5, 0.6) is 0 Å². The van der Waals surface area contributed by atoms with Crippen LogP contribution in [0.1, 0.15) is 45.4 Å². The van der Waals surface area contributed by atoms with Crippen LogP contribution in [0, 0.1) is 5.41 Å². The van der Waals surface area contributed by atoms with Crippen LogP contribution in [0.25, 0.3) is 0 Å². The van der Waals surface area contributed by atoms with Gasteiger partial charge in [0.25, 0.3) is 0 Å². The first-order valence-electron chi connectivity index (χ1n) is 6.91. The van der Waals surface area contributed by atoms with E-state index in [1.54, 1.807) is 0 Å². The number of nitrogens with two attached hydrogens (primary N) is 1. The highest BCUT2D eigenvalue weighted by atomic mass is 16.5. The van der Waals surface area contributed by atoms with Crippen molar-refractivity contribution in [2.24, 2.45) is 16.3 Å². The lowest BCUT2D eigenvalue weighted by Crippen LogP contribution is -2.57. The molecule has 0 aromatic rings.